The average Bonchev–Trinajstić information content (AvgIpc) is 2.71. The lowest BCUT2D eigenvalue weighted by atomic mass is 9.97. The number of carbonyl (C=O) groups excluding carboxylic acids is 1. The van der Waals surface area contributed by atoms with Crippen LogP contribution in [0.3, 0.4) is 0 Å². The molecule has 1 aliphatic carbocycles. The molecule has 0 saturated heterocycles. The number of carbonyl (C=O) groups is 1. The topological polar surface area (TPSA) is 84.2 Å². The van der Waals surface area contributed by atoms with E-state index in [4.69, 9.17) is 5.11 Å². The molecule has 1 aliphatic rings. The lowest BCUT2D eigenvalue weighted by Gasteiger charge is -2.22. The van der Waals surface area contributed by atoms with Crippen LogP contribution >= 0.6 is 11.8 Å². The Balaban J connectivity index is 1.65. The van der Waals surface area contributed by atoms with Gasteiger partial charge in [-0.25, -0.2) is 9.18 Å². The molecule has 150 valence electrons. The van der Waals surface area contributed by atoms with Crippen LogP contribution in [0.1, 0.15) is 36.1 Å². The predicted octanol–water partition coefficient (Wildman–Crippen LogP) is 2.05. The SMILES string of the molecule is O=C(CSc1nc(=O)n(CCCO)c2c1CCCC2)NCc1ccc(F)cc1. The minimum atomic E-state index is -0.316. The maximum Gasteiger partial charge on any atom is 0.348 e. The predicted molar refractivity (Wildman–Crippen MR) is 106 cm³/mol. The van der Waals surface area contributed by atoms with Crippen molar-refractivity contribution in [2.24, 2.45) is 0 Å². The van der Waals surface area contributed by atoms with E-state index in [9.17, 15) is 14.0 Å². The molecule has 1 aromatic carbocycles. The Bertz CT molecular complexity index is 884. The Morgan fingerprint density at radius 1 is 1.25 bits per heavy atom. The van der Waals surface area contributed by atoms with E-state index in [-0.39, 0.29) is 29.8 Å². The van der Waals surface area contributed by atoms with E-state index < -0.39 is 0 Å². The van der Waals surface area contributed by atoms with Gasteiger partial charge < -0.3 is 10.4 Å². The molecule has 0 fully saturated rings. The number of rotatable bonds is 8. The van der Waals surface area contributed by atoms with E-state index in [1.807, 2.05) is 0 Å². The summed E-state index contributed by atoms with van der Waals surface area (Å²) in [5.41, 5.74) is 2.55. The van der Waals surface area contributed by atoms with Gasteiger partial charge in [-0.1, -0.05) is 23.9 Å². The van der Waals surface area contributed by atoms with Crippen molar-refractivity contribution < 1.29 is 14.3 Å². The molecule has 0 atom stereocenters. The molecule has 2 aromatic rings. The second-order valence-corrected chi connectivity index (χ2v) is 7.72. The smallest absolute Gasteiger partial charge is 0.348 e. The molecule has 3 rings (SSSR count). The van der Waals surface area contributed by atoms with Gasteiger partial charge in [0.2, 0.25) is 5.91 Å². The quantitative estimate of drug-likeness (QED) is 0.519. The third-order valence-corrected chi connectivity index (χ3v) is 5.75. The van der Waals surface area contributed by atoms with Gasteiger partial charge in [0.05, 0.1) is 5.75 Å². The fourth-order valence-electron chi connectivity index (χ4n) is 3.31. The van der Waals surface area contributed by atoms with Gasteiger partial charge in [0.15, 0.2) is 0 Å². The Morgan fingerprint density at radius 3 is 2.75 bits per heavy atom. The first-order valence-electron chi connectivity index (χ1n) is 9.46. The Kier molecular flexibility index (Phi) is 7.22. The highest BCUT2D eigenvalue weighted by molar-refractivity contribution is 7.99. The minimum Gasteiger partial charge on any atom is -0.396 e. The summed E-state index contributed by atoms with van der Waals surface area (Å²) in [6.45, 7) is 0.827. The van der Waals surface area contributed by atoms with Crippen molar-refractivity contribution in [3.63, 3.8) is 0 Å². The largest absolute Gasteiger partial charge is 0.396 e. The van der Waals surface area contributed by atoms with Crippen LogP contribution in [0.4, 0.5) is 4.39 Å². The van der Waals surface area contributed by atoms with E-state index in [0.29, 0.717) is 24.5 Å². The number of hydrogen-bond donors (Lipinski definition) is 2. The Hall–Kier alpha value is -2.19. The van der Waals surface area contributed by atoms with Gasteiger partial charge in [-0.3, -0.25) is 9.36 Å². The number of aliphatic hydroxyl groups excluding tert-OH is 1. The highest BCUT2D eigenvalue weighted by atomic mass is 32.2. The summed E-state index contributed by atoms with van der Waals surface area (Å²) in [6.07, 6.45) is 4.26. The number of benzene rings is 1. The molecule has 0 aliphatic heterocycles. The Labute approximate surface area is 167 Å². The summed E-state index contributed by atoms with van der Waals surface area (Å²) in [6, 6.07) is 5.98. The number of aromatic nitrogens is 2. The zero-order valence-corrected chi connectivity index (χ0v) is 16.4. The molecule has 1 amide bonds. The molecule has 0 bridgehead atoms. The van der Waals surface area contributed by atoms with Crippen molar-refractivity contribution in [3.8, 4) is 0 Å². The van der Waals surface area contributed by atoms with Crippen LogP contribution in [0.5, 0.6) is 0 Å². The van der Waals surface area contributed by atoms with Crippen LogP contribution in [0.25, 0.3) is 0 Å². The second-order valence-electron chi connectivity index (χ2n) is 6.75. The normalized spacial score (nSPS) is 13.2. The summed E-state index contributed by atoms with van der Waals surface area (Å²) in [5.74, 6) is -0.305. The number of thioether (sulfide) groups is 1. The number of aliphatic hydroxyl groups is 1. The standard InChI is InChI=1S/C20H24FN3O3S/c21-15-8-6-14(7-9-15)12-22-18(26)13-28-19-16-4-1-2-5-17(16)24(10-3-11-25)20(27)23-19/h6-9,25H,1-5,10-13H2,(H,22,26). The van der Waals surface area contributed by atoms with E-state index >= 15 is 0 Å². The number of amides is 1. The molecule has 0 unspecified atom stereocenters. The molecule has 0 spiro atoms. The van der Waals surface area contributed by atoms with Crippen molar-refractivity contribution in [2.75, 3.05) is 12.4 Å². The Morgan fingerprint density at radius 2 is 2.00 bits per heavy atom. The van der Waals surface area contributed by atoms with E-state index in [1.165, 1.54) is 23.9 Å². The number of hydrogen-bond acceptors (Lipinski definition) is 5. The monoisotopic (exact) mass is 405 g/mol. The van der Waals surface area contributed by atoms with Crippen molar-refractivity contribution >= 4 is 17.7 Å². The van der Waals surface area contributed by atoms with Crippen LogP contribution in [0, 0.1) is 5.82 Å². The summed E-state index contributed by atoms with van der Waals surface area (Å²) in [7, 11) is 0. The maximum absolute atomic E-state index is 12.9. The summed E-state index contributed by atoms with van der Waals surface area (Å²) in [5, 5.41) is 12.5. The first-order chi connectivity index (χ1) is 13.6. The molecule has 0 saturated carbocycles. The molecular formula is C20H24FN3O3S. The second kappa shape index (κ2) is 9.84. The molecule has 8 heteroatoms. The number of halogens is 1. The van der Waals surface area contributed by atoms with E-state index in [1.54, 1.807) is 16.7 Å². The molecule has 1 heterocycles. The van der Waals surface area contributed by atoms with Crippen LogP contribution in [-0.2, 0) is 30.7 Å². The molecule has 1 aromatic heterocycles. The molecule has 6 nitrogen and oxygen atoms in total. The average molecular weight is 405 g/mol. The molecule has 28 heavy (non-hydrogen) atoms. The minimum absolute atomic E-state index is 0.0337. The zero-order valence-electron chi connectivity index (χ0n) is 15.6. The summed E-state index contributed by atoms with van der Waals surface area (Å²) in [4.78, 5) is 28.8. The van der Waals surface area contributed by atoms with Crippen LogP contribution in [-0.4, -0.2) is 32.9 Å². The lowest BCUT2D eigenvalue weighted by molar-refractivity contribution is -0.118. The van der Waals surface area contributed by atoms with E-state index in [0.717, 1.165) is 42.5 Å². The summed E-state index contributed by atoms with van der Waals surface area (Å²) >= 11 is 1.28. The van der Waals surface area contributed by atoms with Gasteiger partial charge in [0.25, 0.3) is 0 Å². The van der Waals surface area contributed by atoms with Gasteiger partial charge in [-0.15, -0.1) is 0 Å². The first-order valence-corrected chi connectivity index (χ1v) is 10.4. The zero-order chi connectivity index (χ0) is 19.9. The van der Waals surface area contributed by atoms with Gasteiger partial charge in [-0.05, 0) is 49.8 Å². The number of nitrogens with zero attached hydrogens (tertiary/aromatic N) is 2. The number of fused-ring (bicyclic) bond motifs is 1. The van der Waals surface area contributed by atoms with E-state index in [2.05, 4.69) is 10.3 Å². The van der Waals surface area contributed by atoms with Gasteiger partial charge in [0, 0.05) is 31.0 Å². The van der Waals surface area contributed by atoms with Crippen LogP contribution in [0.15, 0.2) is 34.1 Å². The maximum atomic E-state index is 12.9. The molecule has 2 N–H and O–H groups in total. The van der Waals surface area contributed by atoms with Crippen LogP contribution < -0.4 is 11.0 Å². The third-order valence-electron chi connectivity index (χ3n) is 4.73. The van der Waals surface area contributed by atoms with Crippen molar-refractivity contribution in [1.82, 2.24) is 14.9 Å². The first kappa shape index (κ1) is 20.5. The third kappa shape index (κ3) is 5.20. The summed E-state index contributed by atoms with van der Waals surface area (Å²) < 4.78 is 14.6. The van der Waals surface area contributed by atoms with Crippen molar-refractivity contribution in [2.45, 2.75) is 50.2 Å². The van der Waals surface area contributed by atoms with Gasteiger partial charge in [0.1, 0.15) is 10.8 Å². The van der Waals surface area contributed by atoms with Crippen LogP contribution in [0.2, 0.25) is 0 Å². The number of nitrogens with one attached hydrogen (secondary N) is 1. The molecule has 0 radical (unpaired) electrons. The highest BCUT2D eigenvalue weighted by Gasteiger charge is 2.20. The van der Waals surface area contributed by atoms with Gasteiger partial charge >= 0.3 is 5.69 Å². The van der Waals surface area contributed by atoms with Crippen molar-refractivity contribution in [3.05, 3.63) is 57.4 Å². The molecular weight excluding hydrogens is 381 g/mol. The highest BCUT2D eigenvalue weighted by Crippen LogP contribution is 2.28. The van der Waals surface area contributed by atoms with Gasteiger partial charge in [-0.2, -0.15) is 4.98 Å². The fourth-order valence-corrected chi connectivity index (χ4v) is 4.22. The lowest BCUT2D eigenvalue weighted by Crippen LogP contribution is -2.31. The van der Waals surface area contributed by atoms with Crippen molar-refractivity contribution in [1.29, 1.82) is 0 Å². The fraction of sp³-hybridized carbons (Fsp3) is 0.450.